The fraction of sp³-hybridized carbons (Fsp3) is 0.250. The Labute approximate surface area is 125 Å². The highest BCUT2D eigenvalue weighted by atomic mass is 79.9. The lowest BCUT2D eigenvalue weighted by molar-refractivity contribution is 0.402. The van der Waals surface area contributed by atoms with Gasteiger partial charge in [0.2, 0.25) is 0 Å². The van der Waals surface area contributed by atoms with Crippen LogP contribution in [0.5, 0.6) is 0 Å². The van der Waals surface area contributed by atoms with Gasteiger partial charge >= 0.3 is 0 Å². The van der Waals surface area contributed by atoms with Crippen molar-refractivity contribution in [1.82, 2.24) is 5.32 Å². The summed E-state index contributed by atoms with van der Waals surface area (Å²) in [5, 5.41) is 3.07. The summed E-state index contributed by atoms with van der Waals surface area (Å²) in [5.41, 5.74) is 2.54. The number of rotatable bonds is 3. The minimum atomic E-state index is -0.520. The molecule has 0 spiro atoms. The van der Waals surface area contributed by atoms with Gasteiger partial charge < -0.3 is 5.32 Å². The van der Waals surface area contributed by atoms with Gasteiger partial charge in [0.1, 0.15) is 11.6 Å². The molecule has 3 rings (SSSR count). The molecule has 104 valence electrons. The lowest BCUT2D eigenvalue weighted by Gasteiger charge is -2.37. The molecule has 0 heterocycles. The summed E-state index contributed by atoms with van der Waals surface area (Å²) in [6.45, 7) is 0. The van der Waals surface area contributed by atoms with E-state index in [9.17, 15) is 8.78 Å². The van der Waals surface area contributed by atoms with Gasteiger partial charge in [-0.15, -0.1) is 0 Å². The minimum Gasteiger partial charge on any atom is -0.312 e. The Hall–Kier alpha value is -1.26. The monoisotopic (exact) mass is 337 g/mol. The van der Waals surface area contributed by atoms with Gasteiger partial charge in [0.25, 0.3) is 0 Å². The first-order valence-electron chi connectivity index (χ1n) is 6.52. The van der Waals surface area contributed by atoms with Crippen LogP contribution in [0.1, 0.15) is 28.7 Å². The van der Waals surface area contributed by atoms with Gasteiger partial charge in [-0.1, -0.05) is 24.3 Å². The highest BCUT2D eigenvalue weighted by Gasteiger charge is 2.35. The molecule has 0 fully saturated rings. The first-order chi connectivity index (χ1) is 9.63. The van der Waals surface area contributed by atoms with E-state index >= 15 is 0 Å². The van der Waals surface area contributed by atoms with E-state index in [4.69, 9.17) is 0 Å². The Balaban J connectivity index is 2.03. The number of halogens is 3. The summed E-state index contributed by atoms with van der Waals surface area (Å²) in [6, 6.07) is 10.4. The van der Waals surface area contributed by atoms with Gasteiger partial charge in [0.15, 0.2) is 0 Å². The second-order valence-electron chi connectivity index (χ2n) is 5.03. The van der Waals surface area contributed by atoms with Crippen molar-refractivity contribution < 1.29 is 8.78 Å². The highest BCUT2D eigenvalue weighted by Crippen LogP contribution is 2.44. The third-order valence-corrected chi connectivity index (χ3v) is 4.61. The summed E-state index contributed by atoms with van der Waals surface area (Å²) in [4.78, 5) is 0. The second kappa shape index (κ2) is 5.26. The number of benzene rings is 2. The molecule has 0 amide bonds. The first kappa shape index (κ1) is 13.7. The van der Waals surface area contributed by atoms with E-state index in [1.165, 1.54) is 23.3 Å². The summed E-state index contributed by atoms with van der Waals surface area (Å²) in [5.74, 6) is -0.919. The van der Waals surface area contributed by atoms with E-state index in [1.807, 2.05) is 18.2 Å². The molecule has 2 aromatic rings. The van der Waals surface area contributed by atoms with Crippen LogP contribution in [0.2, 0.25) is 0 Å². The molecule has 0 radical (unpaired) electrons. The van der Waals surface area contributed by atoms with Crippen LogP contribution < -0.4 is 5.32 Å². The number of hydrogen-bond acceptors (Lipinski definition) is 1. The molecule has 0 bridgehead atoms. The largest absolute Gasteiger partial charge is 0.312 e. The van der Waals surface area contributed by atoms with Gasteiger partial charge in [-0.2, -0.15) is 0 Å². The van der Waals surface area contributed by atoms with Gasteiger partial charge in [-0.05, 0) is 52.7 Å². The molecule has 2 atom stereocenters. The third kappa shape index (κ3) is 2.07. The molecule has 0 saturated heterocycles. The Morgan fingerprint density at radius 1 is 1.20 bits per heavy atom. The zero-order valence-electron chi connectivity index (χ0n) is 11.0. The van der Waals surface area contributed by atoms with Crippen LogP contribution in [0.25, 0.3) is 0 Å². The predicted molar refractivity (Wildman–Crippen MR) is 78.7 cm³/mol. The fourth-order valence-electron chi connectivity index (χ4n) is 2.97. The Morgan fingerprint density at radius 3 is 2.65 bits per heavy atom. The molecular weight excluding hydrogens is 324 g/mol. The van der Waals surface area contributed by atoms with Crippen molar-refractivity contribution in [2.75, 3.05) is 7.05 Å². The lowest BCUT2D eigenvalue weighted by atomic mass is 9.71. The van der Waals surface area contributed by atoms with E-state index in [-0.39, 0.29) is 17.5 Å². The van der Waals surface area contributed by atoms with Gasteiger partial charge in [-0.3, -0.25) is 0 Å². The standard InChI is InChI=1S/C16H14BrF2N/c1-20-16(11-8-9-4-2-3-5-10(9)11)14-13(18)7-6-12(17)15(14)19/h2-7,11,16,20H,8H2,1H3. The maximum atomic E-state index is 14.3. The Morgan fingerprint density at radius 2 is 1.95 bits per heavy atom. The van der Waals surface area contributed by atoms with Crippen LogP contribution >= 0.6 is 15.9 Å². The van der Waals surface area contributed by atoms with Gasteiger partial charge in [-0.25, -0.2) is 8.78 Å². The number of fused-ring (bicyclic) bond motifs is 1. The molecule has 0 aromatic heterocycles. The molecular formula is C16H14BrF2N. The fourth-order valence-corrected chi connectivity index (χ4v) is 3.32. The summed E-state index contributed by atoms with van der Waals surface area (Å²) < 4.78 is 28.6. The summed E-state index contributed by atoms with van der Waals surface area (Å²) >= 11 is 3.13. The average Bonchev–Trinajstić information content (AvgIpc) is 2.43. The van der Waals surface area contributed by atoms with E-state index in [0.29, 0.717) is 4.47 Å². The molecule has 1 nitrogen and oxygen atoms in total. The second-order valence-corrected chi connectivity index (χ2v) is 5.89. The lowest BCUT2D eigenvalue weighted by Crippen LogP contribution is -2.32. The van der Waals surface area contributed by atoms with Crippen LogP contribution in [0.3, 0.4) is 0 Å². The zero-order valence-corrected chi connectivity index (χ0v) is 12.5. The van der Waals surface area contributed by atoms with Gasteiger partial charge in [0.05, 0.1) is 4.47 Å². The van der Waals surface area contributed by atoms with Crippen molar-refractivity contribution in [3.05, 3.63) is 69.2 Å². The van der Waals surface area contributed by atoms with Crippen molar-refractivity contribution in [3.8, 4) is 0 Å². The SMILES string of the molecule is CNC(c1c(F)ccc(Br)c1F)C1Cc2ccccc21. The third-order valence-electron chi connectivity index (χ3n) is 4.00. The van der Waals surface area contributed by atoms with Gasteiger partial charge in [0, 0.05) is 17.5 Å². The van der Waals surface area contributed by atoms with E-state index in [0.717, 1.165) is 6.42 Å². The van der Waals surface area contributed by atoms with Crippen molar-refractivity contribution in [1.29, 1.82) is 0 Å². The summed E-state index contributed by atoms with van der Waals surface area (Å²) in [7, 11) is 1.74. The average molecular weight is 338 g/mol. The van der Waals surface area contributed by atoms with Crippen LogP contribution in [-0.4, -0.2) is 7.05 Å². The van der Waals surface area contributed by atoms with Crippen molar-refractivity contribution in [3.63, 3.8) is 0 Å². The predicted octanol–water partition coefficient (Wildman–Crippen LogP) is 4.33. The number of hydrogen-bond donors (Lipinski definition) is 1. The van der Waals surface area contributed by atoms with Crippen molar-refractivity contribution in [2.24, 2.45) is 0 Å². The van der Waals surface area contributed by atoms with Crippen molar-refractivity contribution >= 4 is 15.9 Å². The van der Waals surface area contributed by atoms with Crippen LogP contribution in [0.15, 0.2) is 40.9 Å². The highest BCUT2D eigenvalue weighted by molar-refractivity contribution is 9.10. The normalized spacial score (nSPS) is 18.3. The van der Waals surface area contributed by atoms with Crippen LogP contribution in [0.4, 0.5) is 8.78 Å². The van der Waals surface area contributed by atoms with E-state index in [2.05, 4.69) is 27.3 Å². The molecule has 0 saturated carbocycles. The van der Waals surface area contributed by atoms with E-state index < -0.39 is 11.6 Å². The molecule has 1 aliphatic carbocycles. The molecule has 1 aliphatic rings. The summed E-state index contributed by atoms with van der Waals surface area (Å²) in [6.07, 6.45) is 0.840. The molecule has 2 unspecified atom stereocenters. The molecule has 20 heavy (non-hydrogen) atoms. The van der Waals surface area contributed by atoms with Crippen LogP contribution in [-0.2, 0) is 6.42 Å². The molecule has 4 heteroatoms. The van der Waals surface area contributed by atoms with Crippen molar-refractivity contribution in [2.45, 2.75) is 18.4 Å². The molecule has 0 aliphatic heterocycles. The molecule has 1 N–H and O–H groups in total. The minimum absolute atomic E-state index is 0.106. The van der Waals surface area contributed by atoms with Crippen LogP contribution in [0, 0.1) is 11.6 Å². The quantitative estimate of drug-likeness (QED) is 0.822. The number of likely N-dealkylation sites (N-methyl/N-ethyl adjacent to an activating group) is 1. The van der Waals surface area contributed by atoms with E-state index in [1.54, 1.807) is 7.05 Å². The zero-order chi connectivity index (χ0) is 14.3. The topological polar surface area (TPSA) is 12.0 Å². The smallest absolute Gasteiger partial charge is 0.145 e. The Kier molecular flexibility index (Phi) is 3.61. The first-order valence-corrected chi connectivity index (χ1v) is 7.31. The molecule has 2 aromatic carbocycles. The maximum absolute atomic E-state index is 14.3. The maximum Gasteiger partial charge on any atom is 0.145 e. The number of nitrogens with one attached hydrogen (secondary N) is 1. The Bertz CT molecular complexity index is 657.